The lowest BCUT2D eigenvalue weighted by atomic mass is 10.1. The van der Waals surface area contributed by atoms with Crippen molar-refractivity contribution in [3.05, 3.63) is 58.7 Å². The number of carbonyl (C=O) groups excluding carboxylic acids is 1. The maximum absolute atomic E-state index is 11.4. The summed E-state index contributed by atoms with van der Waals surface area (Å²) in [5.74, 6) is -1.48. The van der Waals surface area contributed by atoms with Gasteiger partial charge in [0.1, 0.15) is 0 Å². The molecule has 0 aliphatic carbocycles. The molecule has 5 heteroatoms. The van der Waals surface area contributed by atoms with Gasteiger partial charge in [-0.2, -0.15) is 0 Å². The van der Waals surface area contributed by atoms with Gasteiger partial charge in [-0.25, -0.2) is 4.79 Å². The molecule has 0 fully saturated rings. The molecule has 0 aliphatic rings. The Morgan fingerprint density at radius 3 is 2.29 bits per heavy atom. The van der Waals surface area contributed by atoms with Crippen LogP contribution in [0.2, 0.25) is 0 Å². The molecule has 0 heterocycles. The number of carboxylic acid groups (broad SMARTS) is 1. The number of aryl methyl sites for hydroxylation is 2. The van der Waals surface area contributed by atoms with Crippen LogP contribution in [-0.2, 0) is 0 Å². The minimum Gasteiger partial charge on any atom is -0.478 e. The molecular weight excluding hydrogens is 268 g/mol. The van der Waals surface area contributed by atoms with E-state index in [4.69, 9.17) is 10.8 Å². The van der Waals surface area contributed by atoms with Crippen molar-refractivity contribution in [1.29, 1.82) is 0 Å². The number of primary amides is 1. The lowest BCUT2D eigenvalue weighted by Gasteiger charge is -2.12. The van der Waals surface area contributed by atoms with Gasteiger partial charge in [0.2, 0.25) is 0 Å². The molecule has 0 atom stereocenters. The van der Waals surface area contributed by atoms with Crippen LogP contribution >= 0.6 is 0 Å². The standard InChI is InChI=1S/C16H16N2O3/c1-9-3-5-13(15(17)19)14(7-9)18-11-4-6-12(16(20)21)10(2)8-11/h3-8,18H,1-2H3,(H2,17,19)(H,20,21). The number of hydrogen-bond donors (Lipinski definition) is 3. The Hall–Kier alpha value is -2.82. The first-order valence-corrected chi connectivity index (χ1v) is 6.40. The van der Waals surface area contributed by atoms with Crippen LogP contribution in [0.3, 0.4) is 0 Å². The van der Waals surface area contributed by atoms with E-state index in [-0.39, 0.29) is 5.56 Å². The Labute approximate surface area is 122 Å². The molecule has 4 N–H and O–H groups in total. The Bertz CT molecular complexity index is 723. The quantitative estimate of drug-likeness (QED) is 0.805. The number of carbonyl (C=O) groups is 2. The largest absolute Gasteiger partial charge is 0.478 e. The summed E-state index contributed by atoms with van der Waals surface area (Å²) in [4.78, 5) is 22.4. The second kappa shape index (κ2) is 5.66. The molecule has 0 unspecified atom stereocenters. The van der Waals surface area contributed by atoms with Crippen molar-refractivity contribution in [2.24, 2.45) is 5.73 Å². The zero-order valence-electron chi connectivity index (χ0n) is 11.8. The van der Waals surface area contributed by atoms with Gasteiger partial charge in [0.15, 0.2) is 0 Å². The van der Waals surface area contributed by atoms with E-state index in [0.29, 0.717) is 22.5 Å². The summed E-state index contributed by atoms with van der Waals surface area (Å²) in [5, 5.41) is 12.1. The van der Waals surface area contributed by atoms with Crippen molar-refractivity contribution < 1.29 is 14.7 Å². The van der Waals surface area contributed by atoms with E-state index in [1.54, 1.807) is 25.1 Å². The predicted molar refractivity (Wildman–Crippen MR) is 81.1 cm³/mol. The first-order chi connectivity index (χ1) is 9.88. The molecule has 0 aliphatic heterocycles. The average Bonchev–Trinajstić information content (AvgIpc) is 2.37. The van der Waals surface area contributed by atoms with Crippen LogP contribution in [0, 0.1) is 13.8 Å². The van der Waals surface area contributed by atoms with E-state index in [2.05, 4.69) is 5.32 Å². The van der Waals surface area contributed by atoms with Crippen LogP contribution < -0.4 is 11.1 Å². The van der Waals surface area contributed by atoms with Gasteiger partial charge in [-0.3, -0.25) is 4.79 Å². The third-order valence-corrected chi connectivity index (χ3v) is 3.18. The van der Waals surface area contributed by atoms with Crippen LogP contribution in [0.4, 0.5) is 11.4 Å². The van der Waals surface area contributed by atoms with Gasteiger partial charge in [-0.05, 0) is 55.3 Å². The number of carboxylic acids is 1. The number of amides is 1. The average molecular weight is 284 g/mol. The van der Waals surface area contributed by atoms with Crippen molar-refractivity contribution in [1.82, 2.24) is 0 Å². The fourth-order valence-electron chi connectivity index (χ4n) is 2.11. The van der Waals surface area contributed by atoms with E-state index in [0.717, 1.165) is 5.56 Å². The molecule has 1 amide bonds. The van der Waals surface area contributed by atoms with E-state index in [1.165, 1.54) is 6.07 Å². The summed E-state index contributed by atoms with van der Waals surface area (Å²) in [6, 6.07) is 10.2. The summed E-state index contributed by atoms with van der Waals surface area (Å²) in [6.45, 7) is 3.63. The van der Waals surface area contributed by atoms with Crippen molar-refractivity contribution in [3.8, 4) is 0 Å². The second-order valence-corrected chi connectivity index (χ2v) is 4.87. The SMILES string of the molecule is Cc1ccc(C(N)=O)c(Nc2ccc(C(=O)O)c(C)c2)c1. The first kappa shape index (κ1) is 14.6. The molecule has 0 radical (unpaired) electrons. The smallest absolute Gasteiger partial charge is 0.335 e. The zero-order chi connectivity index (χ0) is 15.6. The summed E-state index contributed by atoms with van der Waals surface area (Å²) >= 11 is 0. The normalized spacial score (nSPS) is 10.2. The third kappa shape index (κ3) is 3.20. The fourth-order valence-corrected chi connectivity index (χ4v) is 2.11. The van der Waals surface area contributed by atoms with Gasteiger partial charge in [0.05, 0.1) is 16.8 Å². The topological polar surface area (TPSA) is 92.4 Å². The van der Waals surface area contributed by atoms with Crippen LogP contribution in [0.25, 0.3) is 0 Å². The highest BCUT2D eigenvalue weighted by molar-refractivity contribution is 5.99. The van der Waals surface area contributed by atoms with Crippen LogP contribution in [-0.4, -0.2) is 17.0 Å². The molecule has 2 rings (SSSR count). The number of anilines is 2. The number of hydrogen-bond acceptors (Lipinski definition) is 3. The number of nitrogens with two attached hydrogens (primary N) is 1. The summed E-state index contributed by atoms with van der Waals surface area (Å²) in [6.07, 6.45) is 0. The lowest BCUT2D eigenvalue weighted by molar-refractivity contribution is 0.0696. The molecular formula is C16H16N2O3. The molecule has 2 aromatic carbocycles. The van der Waals surface area contributed by atoms with Gasteiger partial charge in [0.25, 0.3) is 5.91 Å². The van der Waals surface area contributed by atoms with E-state index in [9.17, 15) is 9.59 Å². The minimum atomic E-state index is -0.965. The molecule has 108 valence electrons. The van der Waals surface area contributed by atoms with Crippen LogP contribution in [0.1, 0.15) is 31.8 Å². The predicted octanol–water partition coefficient (Wildman–Crippen LogP) is 2.84. The van der Waals surface area contributed by atoms with Gasteiger partial charge < -0.3 is 16.2 Å². The Morgan fingerprint density at radius 1 is 1.05 bits per heavy atom. The van der Waals surface area contributed by atoms with Crippen LogP contribution in [0.15, 0.2) is 36.4 Å². The number of aromatic carboxylic acids is 1. The maximum atomic E-state index is 11.4. The molecule has 0 saturated heterocycles. The minimum absolute atomic E-state index is 0.250. The Balaban J connectivity index is 2.38. The summed E-state index contributed by atoms with van der Waals surface area (Å²) in [5.41, 5.74) is 8.92. The Kier molecular flexibility index (Phi) is 3.93. The number of nitrogens with one attached hydrogen (secondary N) is 1. The number of benzene rings is 2. The highest BCUT2D eigenvalue weighted by Crippen LogP contribution is 2.24. The van der Waals surface area contributed by atoms with Gasteiger partial charge >= 0.3 is 5.97 Å². The highest BCUT2D eigenvalue weighted by Gasteiger charge is 2.11. The second-order valence-electron chi connectivity index (χ2n) is 4.87. The van der Waals surface area contributed by atoms with Crippen molar-refractivity contribution >= 4 is 23.3 Å². The summed E-state index contributed by atoms with van der Waals surface area (Å²) in [7, 11) is 0. The molecule has 0 saturated carbocycles. The molecule has 0 spiro atoms. The number of rotatable bonds is 4. The maximum Gasteiger partial charge on any atom is 0.335 e. The van der Waals surface area contributed by atoms with Crippen molar-refractivity contribution in [2.45, 2.75) is 13.8 Å². The van der Waals surface area contributed by atoms with E-state index in [1.807, 2.05) is 19.1 Å². The first-order valence-electron chi connectivity index (χ1n) is 6.40. The lowest BCUT2D eigenvalue weighted by Crippen LogP contribution is -2.13. The van der Waals surface area contributed by atoms with E-state index < -0.39 is 11.9 Å². The zero-order valence-corrected chi connectivity index (χ0v) is 11.8. The van der Waals surface area contributed by atoms with Gasteiger partial charge in [-0.1, -0.05) is 6.07 Å². The van der Waals surface area contributed by atoms with Gasteiger partial charge in [-0.15, -0.1) is 0 Å². The molecule has 21 heavy (non-hydrogen) atoms. The van der Waals surface area contributed by atoms with Crippen LogP contribution in [0.5, 0.6) is 0 Å². The van der Waals surface area contributed by atoms with Crippen molar-refractivity contribution in [3.63, 3.8) is 0 Å². The highest BCUT2D eigenvalue weighted by atomic mass is 16.4. The molecule has 0 bridgehead atoms. The van der Waals surface area contributed by atoms with Crippen molar-refractivity contribution in [2.75, 3.05) is 5.32 Å². The monoisotopic (exact) mass is 284 g/mol. The Morgan fingerprint density at radius 2 is 1.71 bits per heavy atom. The molecule has 0 aromatic heterocycles. The van der Waals surface area contributed by atoms with Gasteiger partial charge in [0, 0.05) is 5.69 Å². The summed E-state index contributed by atoms with van der Waals surface area (Å²) < 4.78 is 0. The molecule has 2 aromatic rings. The van der Waals surface area contributed by atoms with E-state index >= 15 is 0 Å². The third-order valence-electron chi connectivity index (χ3n) is 3.18. The fraction of sp³-hybridized carbons (Fsp3) is 0.125. The molecule has 5 nitrogen and oxygen atoms in total.